The van der Waals surface area contributed by atoms with Crippen molar-refractivity contribution in [3.63, 3.8) is 0 Å². The minimum atomic E-state index is -0.0406. The number of halogens is 1. The van der Waals surface area contributed by atoms with Gasteiger partial charge >= 0.3 is 0 Å². The molecule has 102 valence electrons. The third-order valence-electron chi connectivity index (χ3n) is 3.67. The number of benzene rings is 2. The number of aryl methyl sites for hydroxylation is 2. The summed E-state index contributed by atoms with van der Waals surface area (Å²) in [5, 5.41) is 0.599. The summed E-state index contributed by atoms with van der Waals surface area (Å²) < 4.78 is 0. The van der Waals surface area contributed by atoms with Crippen LogP contribution in [0, 0.1) is 13.8 Å². The van der Waals surface area contributed by atoms with Crippen LogP contribution < -0.4 is 10.6 Å². The smallest absolute Gasteiger partial charge is 0.259 e. The van der Waals surface area contributed by atoms with E-state index in [0.717, 1.165) is 22.4 Å². The van der Waals surface area contributed by atoms with E-state index in [1.54, 1.807) is 11.0 Å². The molecule has 0 unspecified atom stereocenters. The summed E-state index contributed by atoms with van der Waals surface area (Å²) >= 11 is 6.34. The first-order chi connectivity index (χ1) is 9.49. The molecule has 20 heavy (non-hydrogen) atoms. The summed E-state index contributed by atoms with van der Waals surface area (Å²) in [6.45, 7) is 4.43. The lowest BCUT2D eigenvalue weighted by molar-refractivity contribution is 0.0996. The first-order valence-electron chi connectivity index (χ1n) is 6.45. The van der Waals surface area contributed by atoms with Gasteiger partial charge in [-0.05, 0) is 43.2 Å². The van der Waals surface area contributed by atoms with Crippen LogP contribution in [-0.4, -0.2) is 5.91 Å². The maximum Gasteiger partial charge on any atom is 0.259 e. The van der Waals surface area contributed by atoms with Gasteiger partial charge < -0.3 is 10.6 Å². The molecule has 4 heteroatoms. The van der Waals surface area contributed by atoms with Crippen LogP contribution in [0.3, 0.4) is 0 Å². The molecule has 0 saturated carbocycles. The van der Waals surface area contributed by atoms with Crippen LogP contribution in [0.5, 0.6) is 0 Å². The van der Waals surface area contributed by atoms with Crippen molar-refractivity contribution < 1.29 is 4.79 Å². The molecular weight excluding hydrogens is 272 g/mol. The Bertz CT molecular complexity index is 701. The van der Waals surface area contributed by atoms with Gasteiger partial charge in [0.25, 0.3) is 5.91 Å². The third-order valence-corrected chi connectivity index (χ3v) is 3.96. The first-order valence-corrected chi connectivity index (χ1v) is 6.83. The Labute approximate surface area is 123 Å². The van der Waals surface area contributed by atoms with E-state index in [0.29, 0.717) is 22.8 Å². The predicted octanol–water partition coefficient (Wildman–Crippen LogP) is 3.70. The van der Waals surface area contributed by atoms with Gasteiger partial charge in [-0.1, -0.05) is 23.7 Å². The van der Waals surface area contributed by atoms with Crippen molar-refractivity contribution in [2.75, 3.05) is 10.6 Å². The van der Waals surface area contributed by atoms with Crippen molar-refractivity contribution in [1.29, 1.82) is 0 Å². The minimum absolute atomic E-state index is 0.0406. The number of fused-ring (bicyclic) bond motifs is 1. The highest BCUT2D eigenvalue weighted by Crippen LogP contribution is 2.37. The van der Waals surface area contributed by atoms with Crippen LogP contribution in [-0.2, 0) is 6.54 Å². The van der Waals surface area contributed by atoms with Crippen LogP contribution in [0.4, 0.5) is 11.4 Å². The normalized spacial score (nSPS) is 13.8. The topological polar surface area (TPSA) is 46.3 Å². The van der Waals surface area contributed by atoms with Gasteiger partial charge in [0, 0.05) is 16.8 Å². The molecular formula is C16H15ClN2O. The number of hydrogen-bond acceptors (Lipinski definition) is 2. The zero-order valence-electron chi connectivity index (χ0n) is 11.4. The van der Waals surface area contributed by atoms with Gasteiger partial charge in [0.15, 0.2) is 0 Å². The van der Waals surface area contributed by atoms with Crippen LogP contribution in [0.25, 0.3) is 0 Å². The molecule has 2 aromatic carbocycles. The Balaban J connectivity index is 2.12. The summed E-state index contributed by atoms with van der Waals surface area (Å²) in [7, 11) is 0. The highest BCUT2D eigenvalue weighted by Gasteiger charge is 2.31. The molecule has 3 rings (SSSR count). The van der Waals surface area contributed by atoms with Gasteiger partial charge in [0.1, 0.15) is 0 Å². The SMILES string of the molecule is Cc1cc(C)c(N2Cc3c(N)cccc3C2=O)c(Cl)c1. The second-order valence-corrected chi connectivity index (χ2v) is 5.58. The van der Waals surface area contributed by atoms with Gasteiger partial charge in [-0.2, -0.15) is 0 Å². The molecule has 0 radical (unpaired) electrons. The lowest BCUT2D eigenvalue weighted by Crippen LogP contribution is -2.24. The summed E-state index contributed by atoms with van der Waals surface area (Å²) in [4.78, 5) is 14.3. The Hall–Kier alpha value is -2.00. The van der Waals surface area contributed by atoms with E-state index in [1.165, 1.54) is 0 Å². The highest BCUT2D eigenvalue weighted by atomic mass is 35.5. The summed E-state index contributed by atoms with van der Waals surface area (Å²) in [6.07, 6.45) is 0. The second-order valence-electron chi connectivity index (χ2n) is 5.18. The second kappa shape index (κ2) is 4.53. The van der Waals surface area contributed by atoms with Crippen molar-refractivity contribution in [3.8, 4) is 0 Å². The van der Waals surface area contributed by atoms with Crippen molar-refractivity contribution >= 4 is 28.9 Å². The number of hydrogen-bond donors (Lipinski definition) is 1. The van der Waals surface area contributed by atoms with Gasteiger partial charge in [-0.15, -0.1) is 0 Å². The quantitative estimate of drug-likeness (QED) is 0.813. The third kappa shape index (κ3) is 1.86. The van der Waals surface area contributed by atoms with Crippen LogP contribution in [0.1, 0.15) is 27.0 Å². The number of carbonyl (C=O) groups is 1. The van der Waals surface area contributed by atoms with Gasteiger partial charge in [0.05, 0.1) is 17.3 Å². The fourth-order valence-electron chi connectivity index (χ4n) is 2.79. The molecule has 0 aliphatic carbocycles. The number of anilines is 2. The van der Waals surface area contributed by atoms with E-state index in [1.807, 2.05) is 38.1 Å². The molecule has 2 aromatic rings. The summed E-state index contributed by atoms with van der Waals surface area (Å²) in [6, 6.07) is 9.34. The Morgan fingerprint density at radius 1 is 1.25 bits per heavy atom. The van der Waals surface area contributed by atoms with E-state index in [9.17, 15) is 4.79 Å². The van der Waals surface area contributed by atoms with Crippen LogP contribution >= 0.6 is 11.6 Å². The maximum atomic E-state index is 12.6. The monoisotopic (exact) mass is 286 g/mol. The Morgan fingerprint density at radius 3 is 2.65 bits per heavy atom. The molecule has 2 N–H and O–H groups in total. The molecule has 3 nitrogen and oxygen atoms in total. The fourth-order valence-corrected chi connectivity index (χ4v) is 3.21. The van der Waals surface area contributed by atoms with Crippen molar-refractivity contribution in [1.82, 2.24) is 0 Å². The van der Waals surface area contributed by atoms with E-state index >= 15 is 0 Å². The standard InChI is InChI=1S/C16H15ClN2O/c1-9-6-10(2)15(13(17)7-9)19-8-12-11(16(19)20)4-3-5-14(12)18/h3-7H,8,18H2,1-2H3. The van der Waals surface area contributed by atoms with E-state index in [4.69, 9.17) is 17.3 Å². The van der Waals surface area contributed by atoms with E-state index < -0.39 is 0 Å². The number of carbonyl (C=O) groups excluding carboxylic acids is 1. The lowest BCUT2D eigenvalue weighted by Gasteiger charge is -2.20. The molecule has 0 spiro atoms. The Kier molecular flexibility index (Phi) is 2.94. The molecule has 1 heterocycles. The highest BCUT2D eigenvalue weighted by molar-refractivity contribution is 6.34. The number of amides is 1. The van der Waals surface area contributed by atoms with Crippen molar-refractivity contribution in [2.24, 2.45) is 0 Å². The van der Waals surface area contributed by atoms with Gasteiger partial charge in [-0.3, -0.25) is 4.79 Å². The first kappa shape index (κ1) is 13.0. The largest absolute Gasteiger partial charge is 0.398 e. The fraction of sp³-hybridized carbons (Fsp3) is 0.188. The molecule has 1 aliphatic rings. The number of nitrogens with two attached hydrogens (primary N) is 1. The molecule has 1 amide bonds. The predicted molar refractivity (Wildman–Crippen MR) is 82.3 cm³/mol. The molecule has 1 aliphatic heterocycles. The molecule has 0 saturated heterocycles. The minimum Gasteiger partial charge on any atom is -0.398 e. The summed E-state index contributed by atoms with van der Waals surface area (Å²) in [5.74, 6) is -0.0406. The van der Waals surface area contributed by atoms with E-state index in [2.05, 4.69) is 0 Å². The molecule has 0 bridgehead atoms. The molecule has 0 aromatic heterocycles. The van der Waals surface area contributed by atoms with Gasteiger partial charge in [-0.25, -0.2) is 0 Å². The van der Waals surface area contributed by atoms with E-state index in [-0.39, 0.29) is 5.91 Å². The zero-order valence-corrected chi connectivity index (χ0v) is 12.2. The Morgan fingerprint density at radius 2 is 2.00 bits per heavy atom. The lowest BCUT2D eigenvalue weighted by atomic mass is 10.1. The molecule has 0 fully saturated rings. The van der Waals surface area contributed by atoms with Gasteiger partial charge in [0.2, 0.25) is 0 Å². The average molecular weight is 287 g/mol. The number of rotatable bonds is 1. The van der Waals surface area contributed by atoms with Crippen LogP contribution in [0.15, 0.2) is 30.3 Å². The maximum absolute atomic E-state index is 12.6. The van der Waals surface area contributed by atoms with Crippen LogP contribution in [0.2, 0.25) is 5.02 Å². The molecule has 0 atom stereocenters. The number of nitrogen functional groups attached to an aromatic ring is 1. The zero-order chi connectivity index (χ0) is 14.4. The number of nitrogens with zero attached hydrogens (tertiary/aromatic N) is 1. The summed E-state index contributed by atoms with van der Waals surface area (Å²) in [5.41, 5.74) is 11.0. The average Bonchev–Trinajstić information content (AvgIpc) is 2.68. The van der Waals surface area contributed by atoms with Crippen molar-refractivity contribution in [2.45, 2.75) is 20.4 Å². The van der Waals surface area contributed by atoms with Crippen molar-refractivity contribution in [3.05, 3.63) is 57.6 Å².